The van der Waals surface area contributed by atoms with Gasteiger partial charge in [-0.05, 0) is 6.92 Å². The van der Waals surface area contributed by atoms with E-state index in [1.165, 1.54) is 6.92 Å². The Kier molecular flexibility index (Phi) is 4.32. The van der Waals surface area contributed by atoms with Crippen molar-refractivity contribution in [3.8, 4) is 0 Å². The molecule has 0 aliphatic carbocycles. The van der Waals surface area contributed by atoms with Gasteiger partial charge in [0.1, 0.15) is 6.04 Å². The summed E-state index contributed by atoms with van der Waals surface area (Å²) in [7, 11) is 0. The second-order valence-electron chi connectivity index (χ2n) is 3.24. The van der Waals surface area contributed by atoms with Crippen LogP contribution in [0.25, 0.3) is 0 Å². The smallest absolute Gasteiger partial charge is 0.330 e. The molecule has 0 aromatic heterocycles. The lowest BCUT2D eigenvalue weighted by atomic mass is 10.3. The van der Waals surface area contributed by atoms with E-state index in [0.717, 1.165) is 0 Å². The topological polar surface area (TPSA) is 90.9 Å². The van der Waals surface area contributed by atoms with Crippen LogP contribution in [0.2, 0.25) is 0 Å². The van der Waals surface area contributed by atoms with E-state index in [1.54, 1.807) is 5.01 Å². The molecule has 1 aliphatic heterocycles. The number of carboxylic acid groups (broad SMARTS) is 1. The van der Waals surface area contributed by atoms with Crippen LogP contribution in [0, 0.1) is 0 Å². The molecule has 86 valence electrons. The number of morpholine rings is 1. The van der Waals surface area contributed by atoms with Crippen LogP contribution in [0.3, 0.4) is 0 Å². The average Bonchev–Trinajstić information content (AvgIpc) is 2.18. The van der Waals surface area contributed by atoms with Crippen LogP contribution >= 0.6 is 0 Å². The average molecular weight is 217 g/mol. The summed E-state index contributed by atoms with van der Waals surface area (Å²) >= 11 is 0. The molecule has 0 unspecified atom stereocenters. The molecule has 0 radical (unpaired) electrons. The molecule has 7 nitrogen and oxygen atoms in total. The summed E-state index contributed by atoms with van der Waals surface area (Å²) < 4.78 is 5.09. The van der Waals surface area contributed by atoms with Gasteiger partial charge in [-0.2, -0.15) is 0 Å². The summed E-state index contributed by atoms with van der Waals surface area (Å²) in [5.41, 5.74) is 2.54. The molecule has 1 rings (SSSR count). The maximum atomic E-state index is 11.3. The van der Waals surface area contributed by atoms with Crippen LogP contribution in [-0.2, 0) is 9.53 Å². The van der Waals surface area contributed by atoms with E-state index in [1.807, 2.05) is 0 Å². The molecular formula is C8H15N3O4. The normalized spacial score (nSPS) is 19.3. The molecule has 0 bridgehead atoms. The zero-order valence-electron chi connectivity index (χ0n) is 8.52. The largest absolute Gasteiger partial charge is 0.480 e. The van der Waals surface area contributed by atoms with Crippen molar-refractivity contribution in [2.75, 3.05) is 26.3 Å². The van der Waals surface area contributed by atoms with Crippen molar-refractivity contribution >= 4 is 12.0 Å². The first kappa shape index (κ1) is 11.7. The lowest BCUT2D eigenvalue weighted by Gasteiger charge is -2.27. The van der Waals surface area contributed by atoms with Gasteiger partial charge < -0.3 is 15.2 Å². The van der Waals surface area contributed by atoms with Crippen LogP contribution < -0.4 is 10.7 Å². The Morgan fingerprint density at radius 3 is 2.53 bits per heavy atom. The number of carbonyl (C=O) groups excluding carboxylic acids is 1. The van der Waals surface area contributed by atoms with E-state index < -0.39 is 18.0 Å². The van der Waals surface area contributed by atoms with Gasteiger partial charge in [-0.15, -0.1) is 0 Å². The van der Waals surface area contributed by atoms with Crippen molar-refractivity contribution in [2.24, 2.45) is 0 Å². The maximum absolute atomic E-state index is 11.3. The Labute approximate surface area is 87.3 Å². The lowest BCUT2D eigenvalue weighted by molar-refractivity contribution is -0.138. The highest BCUT2D eigenvalue weighted by atomic mass is 16.5. The summed E-state index contributed by atoms with van der Waals surface area (Å²) in [5, 5.41) is 12.5. The molecular weight excluding hydrogens is 202 g/mol. The van der Waals surface area contributed by atoms with Crippen molar-refractivity contribution in [3.63, 3.8) is 0 Å². The quantitative estimate of drug-likeness (QED) is 0.564. The van der Waals surface area contributed by atoms with Crippen LogP contribution in [0.4, 0.5) is 4.79 Å². The van der Waals surface area contributed by atoms with Gasteiger partial charge >= 0.3 is 12.0 Å². The molecule has 3 N–H and O–H groups in total. The van der Waals surface area contributed by atoms with E-state index in [2.05, 4.69) is 10.7 Å². The van der Waals surface area contributed by atoms with Gasteiger partial charge in [-0.3, -0.25) is 10.2 Å². The van der Waals surface area contributed by atoms with Crippen LogP contribution in [0.5, 0.6) is 0 Å². The summed E-state index contributed by atoms with van der Waals surface area (Å²) in [4.78, 5) is 21.7. The number of urea groups is 1. The second kappa shape index (κ2) is 5.52. The number of ether oxygens (including phenoxy) is 1. The highest BCUT2D eigenvalue weighted by Gasteiger charge is 2.17. The fourth-order valence-electron chi connectivity index (χ4n) is 1.11. The fourth-order valence-corrected chi connectivity index (χ4v) is 1.11. The lowest BCUT2D eigenvalue weighted by Crippen LogP contribution is -2.54. The molecule has 7 heteroatoms. The van der Waals surface area contributed by atoms with Gasteiger partial charge in [0.25, 0.3) is 0 Å². The third-order valence-corrected chi connectivity index (χ3v) is 1.99. The number of aliphatic carboxylic acids is 1. The highest BCUT2D eigenvalue weighted by molar-refractivity contribution is 5.81. The third kappa shape index (κ3) is 4.13. The molecule has 1 aliphatic rings. The number of rotatable bonds is 3. The van der Waals surface area contributed by atoms with Gasteiger partial charge in [-0.1, -0.05) is 0 Å². The van der Waals surface area contributed by atoms with Crippen molar-refractivity contribution < 1.29 is 19.4 Å². The van der Waals surface area contributed by atoms with E-state index >= 15 is 0 Å². The first-order chi connectivity index (χ1) is 7.09. The van der Waals surface area contributed by atoms with E-state index in [0.29, 0.717) is 26.3 Å². The standard InChI is InChI=1S/C8H15N3O4/c1-6(7(12)13)9-8(14)10-11-2-4-15-5-3-11/h6H,2-5H2,1H3,(H,12,13)(H2,9,10,14)/t6-/m1/s1. The summed E-state index contributed by atoms with van der Waals surface area (Å²) in [6, 6.07) is -1.40. The number of carboxylic acids is 1. The summed E-state index contributed by atoms with van der Waals surface area (Å²) in [6.07, 6.45) is 0. The van der Waals surface area contributed by atoms with Gasteiger partial charge in [0.15, 0.2) is 0 Å². The van der Waals surface area contributed by atoms with Crippen molar-refractivity contribution in [3.05, 3.63) is 0 Å². The van der Waals surface area contributed by atoms with Crippen molar-refractivity contribution in [1.29, 1.82) is 0 Å². The van der Waals surface area contributed by atoms with Crippen LogP contribution in [-0.4, -0.2) is 54.5 Å². The summed E-state index contributed by atoms with van der Waals surface area (Å²) in [6.45, 7) is 3.74. The minimum Gasteiger partial charge on any atom is -0.480 e. The van der Waals surface area contributed by atoms with Crippen molar-refractivity contribution in [2.45, 2.75) is 13.0 Å². The molecule has 0 spiro atoms. The van der Waals surface area contributed by atoms with Crippen LogP contribution in [0.15, 0.2) is 0 Å². The predicted molar refractivity (Wildman–Crippen MR) is 51.2 cm³/mol. The summed E-state index contributed by atoms with van der Waals surface area (Å²) in [5.74, 6) is -1.06. The minimum atomic E-state index is -1.06. The maximum Gasteiger partial charge on any atom is 0.330 e. The SMILES string of the molecule is C[C@@H](NC(=O)NN1CCOCC1)C(=O)O. The Balaban J connectivity index is 2.25. The molecule has 15 heavy (non-hydrogen) atoms. The number of nitrogens with zero attached hydrogens (tertiary/aromatic N) is 1. The first-order valence-corrected chi connectivity index (χ1v) is 4.72. The third-order valence-electron chi connectivity index (χ3n) is 1.99. The molecule has 0 saturated carbocycles. The fraction of sp³-hybridized carbons (Fsp3) is 0.750. The molecule has 1 atom stereocenters. The predicted octanol–water partition coefficient (Wildman–Crippen LogP) is -0.994. The monoisotopic (exact) mass is 217 g/mol. The number of amides is 2. The van der Waals surface area contributed by atoms with Gasteiger partial charge in [0.05, 0.1) is 13.2 Å². The molecule has 1 saturated heterocycles. The zero-order valence-corrected chi connectivity index (χ0v) is 8.52. The van der Waals surface area contributed by atoms with E-state index in [4.69, 9.17) is 9.84 Å². The molecule has 1 heterocycles. The van der Waals surface area contributed by atoms with E-state index in [9.17, 15) is 9.59 Å². The zero-order chi connectivity index (χ0) is 11.3. The minimum absolute atomic E-state index is 0.508. The Morgan fingerprint density at radius 1 is 1.40 bits per heavy atom. The number of hydrazine groups is 1. The molecule has 2 amide bonds. The number of nitrogens with one attached hydrogen (secondary N) is 2. The molecule has 1 fully saturated rings. The number of hydrogen-bond acceptors (Lipinski definition) is 4. The van der Waals surface area contributed by atoms with Crippen LogP contribution in [0.1, 0.15) is 6.92 Å². The van der Waals surface area contributed by atoms with Gasteiger partial charge in [-0.25, -0.2) is 9.80 Å². The van der Waals surface area contributed by atoms with Crippen molar-refractivity contribution in [1.82, 2.24) is 15.8 Å². The molecule has 0 aromatic rings. The highest BCUT2D eigenvalue weighted by Crippen LogP contribution is 1.92. The number of hydrogen-bond donors (Lipinski definition) is 3. The van der Waals surface area contributed by atoms with Gasteiger partial charge in [0, 0.05) is 13.1 Å². The Bertz CT molecular complexity index is 240. The second-order valence-corrected chi connectivity index (χ2v) is 3.24. The number of carbonyl (C=O) groups is 2. The van der Waals surface area contributed by atoms with E-state index in [-0.39, 0.29) is 0 Å². The Hall–Kier alpha value is -1.34. The Morgan fingerprint density at radius 2 is 2.00 bits per heavy atom. The van der Waals surface area contributed by atoms with Gasteiger partial charge in [0.2, 0.25) is 0 Å². The first-order valence-electron chi connectivity index (χ1n) is 4.72. The molecule has 0 aromatic carbocycles.